The molecule has 3 N–H and O–H groups in total. The number of amides is 3. The zero-order valence-corrected chi connectivity index (χ0v) is 29.9. The van der Waals surface area contributed by atoms with Gasteiger partial charge in [0.1, 0.15) is 22.4 Å². The van der Waals surface area contributed by atoms with E-state index in [1.807, 2.05) is 72.1 Å². The molecular formula is C41H34N4O5S2. The summed E-state index contributed by atoms with van der Waals surface area (Å²) in [7, 11) is 3.19. The Morgan fingerprint density at radius 2 is 1.46 bits per heavy atom. The summed E-state index contributed by atoms with van der Waals surface area (Å²) in [5.74, 6) is 0.197. The van der Waals surface area contributed by atoms with Gasteiger partial charge >= 0.3 is 0 Å². The minimum absolute atomic E-state index is 0.0513. The van der Waals surface area contributed by atoms with Crippen LogP contribution < -0.4 is 25.4 Å². The molecule has 9 nitrogen and oxygen atoms in total. The predicted molar refractivity (Wildman–Crippen MR) is 208 cm³/mol. The molecule has 0 aliphatic rings. The van der Waals surface area contributed by atoms with Crippen molar-refractivity contribution in [1.82, 2.24) is 10.3 Å². The summed E-state index contributed by atoms with van der Waals surface area (Å²) in [6, 6.07) is 40.1. The molecule has 1 atom stereocenters. The third-order valence-corrected chi connectivity index (χ3v) is 9.75. The fraction of sp³-hybridized carbons (Fsp3) is 0.0732. The molecule has 0 aliphatic heterocycles. The molecule has 1 aromatic heterocycles. The number of thiazole rings is 1. The van der Waals surface area contributed by atoms with E-state index in [-0.39, 0.29) is 11.6 Å². The zero-order chi connectivity index (χ0) is 36.3. The molecule has 52 heavy (non-hydrogen) atoms. The SMILES string of the molecule is COc1ccc(/C=C(/NC(=O)c2ccccc2)C(=O)Nc2cccc(SC(C(=O)Nc3nc(-c4cccc(OC)c4)cs3)c3ccccc3)c2)cc1. The van der Waals surface area contributed by atoms with Gasteiger partial charge in [0.25, 0.3) is 11.8 Å². The number of nitrogens with one attached hydrogen (secondary N) is 3. The Hall–Kier alpha value is -6.17. The Balaban J connectivity index is 1.21. The van der Waals surface area contributed by atoms with Crippen LogP contribution in [0.2, 0.25) is 0 Å². The van der Waals surface area contributed by atoms with Crippen LogP contribution in [0.4, 0.5) is 10.8 Å². The lowest BCUT2D eigenvalue weighted by atomic mass is 10.1. The van der Waals surface area contributed by atoms with Gasteiger partial charge in [-0.05, 0) is 71.8 Å². The van der Waals surface area contributed by atoms with Crippen LogP contribution in [-0.4, -0.2) is 36.9 Å². The number of carbonyl (C=O) groups excluding carboxylic acids is 3. The number of ether oxygens (including phenoxy) is 2. The van der Waals surface area contributed by atoms with Crippen LogP contribution in [0, 0.1) is 0 Å². The molecule has 0 fully saturated rings. The minimum atomic E-state index is -0.632. The van der Waals surface area contributed by atoms with Gasteiger partial charge in [0.2, 0.25) is 5.91 Å². The molecule has 0 saturated carbocycles. The van der Waals surface area contributed by atoms with Crippen molar-refractivity contribution in [3.63, 3.8) is 0 Å². The number of aromatic nitrogens is 1. The third kappa shape index (κ3) is 9.33. The lowest BCUT2D eigenvalue weighted by Crippen LogP contribution is -2.30. The van der Waals surface area contributed by atoms with Crippen molar-refractivity contribution in [3.8, 4) is 22.8 Å². The number of methoxy groups -OCH3 is 2. The average molecular weight is 727 g/mol. The number of benzene rings is 5. The number of carbonyl (C=O) groups is 3. The topological polar surface area (TPSA) is 119 Å². The summed E-state index contributed by atoms with van der Waals surface area (Å²) in [5.41, 5.74) is 4.05. The normalized spacial score (nSPS) is 11.6. The zero-order valence-electron chi connectivity index (χ0n) is 28.2. The summed E-state index contributed by atoms with van der Waals surface area (Å²) in [6.07, 6.45) is 1.60. The van der Waals surface area contributed by atoms with E-state index in [1.54, 1.807) is 87.0 Å². The third-order valence-electron chi connectivity index (χ3n) is 7.74. The fourth-order valence-corrected chi connectivity index (χ4v) is 6.91. The van der Waals surface area contributed by atoms with Crippen LogP contribution in [0.15, 0.2) is 149 Å². The summed E-state index contributed by atoms with van der Waals surface area (Å²) in [5, 5.41) is 10.4. The van der Waals surface area contributed by atoms with Gasteiger partial charge in [0.05, 0.1) is 19.9 Å². The van der Waals surface area contributed by atoms with Gasteiger partial charge in [-0.15, -0.1) is 23.1 Å². The number of rotatable bonds is 13. The first-order valence-electron chi connectivity index (χ1n) is 16.1. The fourth-order valence-electron chi connectivity index (χ4n) is 5.11. The van der Waals surface area contributed by atoms with Crippen LogP contribution in [0.25, 0.3) is 17.3 Å². The van der Waals surface area contributed by atoms with E-state index < -0.39 is 17.1 Å². The molecule has 0 aliphatic carbocycles. The Kier molecular flexibility index (Phi) is 11.8. The molecule has 1 unspecified atom stereocenters. The maximum atomic E-state index is 13.8. The second-order valence-electron chi connectivity index (χ2n) is 11.3. The molecule has 6 rings (SSSR count). The molecule has 5 aromatic carbocycles. The number of hydrogen-bond acceptors (Lipinski definition) is 8. The van der Waals surface area contributed by atoms with Crippen molar-refractivity contribution in [1.29, 1.82) is 0 Å². The standard InChI is InChI=1S/C41H34N4O5S2/c1-49-32-21-19-27(20-22-32)23-35(43-38(46)29-13-7-4-8-14-29)39(47)42-31-16-10-18-34(25-31)52-37(28-11-5-3-6-12-28)40(48)45-41-44-36(26-51-41)30-15-9-17-33(24-30)50-2/h3-26,37H,1-2H3,(H,42,47)(H,43,46)(H,44,45,48)/b35-23+. The monoisotopic (exact) mass is 726 g/mol. The van der Waals surface area contributed by atoms with Crippen molar-refractivity contribution in [2.24, 2.45) is 0 Å². The van der Waals surface area contributed by atoms with Crippen LogP contribution in [0.5, 0.6) is 11.5 Å². The average Bonchev–Trinajstić information content (AvgIpc) is 3.66. The van der Waals surface area contributed by atoms with Gasteiger partial charge in [-0.25, -0.2) is 4.98 Å². The largest absolute Gasteiger partial charge is 0.497 e. The van der Waals surface area contributed by atoms with E-state index in [9.17, 15) is 14.4 Å². The van der Waals surface area contributed by atoms with E-state index in [0.29, 0.717) is 27.7 Å². The van der Waals surface area contributed by atoms with Gasteiger partial charge < -0.3 is 25.4 Å². The van der Waals surface area contributed by atoms with E-state index in [1.165, 1.54) is 23.1 Å². The van der Waals surface area contributed by atoms with Crippen LogP contribution >= 0.6 is 23.1 Å². The summed E-state index contributed by atoms with van der Waals surface area (Å²) < 4.78 is 10.6. The minimum Gasteiger partial charge on any atom is -0.497 e. The van der Waals surface area contributed by atoms with Crippen molar-refractivity contribution in [2.45, 2.75) is 10.1 Å². The highest BCUT2D eigenvalue weighted by Crippen LogP contribution is 2.38. The van der Waals surface area contributed by atoms with Crippen LogP contribution in [0.1, 0.15) is 26.7 Å². The van der Waals surface area contributed by atoms with Crippen molar-refractivity contribution >= 4 is 57.7 Å². The molecule has 1 heterocycles. The van der Waals surface area contributed by atoms with Crippen LogP contribution in [-0.2, 0) is 9.59 Å². The maximum absolute atomic E-state index is 13.8. The molecular weight excluding hydrogens is 693 g/mol. The second-order valence-corrected chi connectivity index (χ2v) is 13.3. The number of anilines is 2. The van der Waals surface area contributed by atoms with E-state index >= 15 is 0 Å². The first kappa shape index (κ1) is 35.6. The lowest BCUT2D eigenvalue weighted by Gasteiger charge is -2.17. The highest BCUT2D eigenvalue weighted by Gasteiger charge is 2.24. The Bertz CT molecular complexity index is 2190. The number of hydrogen-bond donors (Lipinski definition) is 3. The smallest absolute Gasteiger partial charge is 0.272 e. The highest BCUT2D eigenvalue weighted by atomic mass is 32.2. The molecule has 3 amide bonds. The van der Waals surface area contributed by atoms with Gasteiger partial charge in [-0.2, -0.15) is 0 Å². The summed E-state index contributed by atoms with van der Waals surface area (Å²) in [6.45, 7) is 0. The maximum Gasteiger partial charge on any atom is 0.272 e. The Labute approximate surface area is 309 Å². The Morgan fingerprint density at radius 1 is 0.750 bits per heavy atom. The Morgan fingerprint density at radius 3 is 2.19 bits per heavy atom. The van der Waals surface area contributed by atoms with Crippen molar-refractivity contribution < 1.29 is 23.9 Å². The molecule has 260 valence electrons. The van der Waals surface area contributed by atoms with E-state index in [0.717, 1.165) is 27.5 Å². The summed E-state index contributed by atoms with van der Waals surface area (Å²) >= 11 is 2.68. The second kappa shape index (κ2) is 17.2. The number of thioether (sulfide) groups is 1. The highest BCUT2D eigenvalue weighted by molar-refractivity contribution is 8.00. The van der Waals surface area contributed by atoms with E-state index in [4.69, 9.17) is 9.47 Å². The quantitative estimate of drug-likeness (QED) is 0.0805. The van der Waals surface area contributed by atoms with Gasteiger partial charge in [0.15, 0.2) is 5.13 Å². The molecule has 0 spiro atoms. The molecule has 0 saturated heterocycles. The summed E-state index contributed by atoms with van der Waals surface area (Å²) in [4.78, 5) is 46.1. The molecule has 0 radical (unpaired) electrons. The molecule has 11 heteroatoms. The predicted octanol–water partition coefficient (Wildman–Crippen LogP) is 8.71. The van der Waals surface area contributed by atoms with Gasteiger partial charge in [-0.3, -0.25) is 14.4 Å². The van der Waals surface area contributed by atoms with E-state index in [2.05, 4.69) is 20.9 Å². The van der Waals surface area contributed by atoms with Gasteiger partial charge in [0, 0.05) is 27.1 Å². The van der Waals surface area contributed by atoms with Crippen molar-refractivity contribution in [2.75, 3.05) is 24.9 Å². The van der Waals surface area contributed by atoms with Gasteiger partial charge in [-0.1, -0.05) is 78.9 Å². The molecule has 0 bridgehead atoms. The van der Waals surface area contributed by atoms with Crippen LogP contribution in [0.3, 0.4) is 0 Å². The molecule has 6 aromatic rings. The number of nitrogens with zero attached hydrogens (tertiary/aromatic N) is 1. The first-order valence-corrected chi connectivity index (χ1v) is 17.9. The first-order chi connectivity index (χ1) is 25.4. The lowest BCUT2D eigenvalue weighted by molar-refractivity contribution is -0.116. The van der Waals surface area contributed by atoms with Crippen molar-refractivity contribution in [3.05, 3.63) is 161 Å².